The molecule has 0 atom stereocenters. The minimum atomic E-state index is -0.174. The highest BCUT2D eigenvalue weighted by molar-refractivity contribution is 5.75. The van der Waals surface area contributed by atoms with E-state index in [2.05, 4.69) is 5.32 Å². The topological polar surface area (TPSA) is 69.6 Å². The maximum atomic E-state index is 11.4. The molecule has 0 saturated heterocycles. The van der Waals surface area contributed by atoms with Crippen molar-refractivity contribution in [3.05, 3.63) is 0 Å². The van der Waals surface area contributed by atoms with Crippen molar-refractivity contribution in [2.75, 3.05) is 19.8 Å². The van der Waals surface area contributed by atoms with Gasteiger partial charge in [-0.15, -0.1) is 0 Å². The van der Waals surface area contributed by atoms with Gasteiger partial charge in [0.15, 0.2) is 0 Å². The summed E-state index contributed by atoms with van der Waals surface area (Å²) >= 11 is 0. The first-order chi connectivity index (χ1) is 7.64. The Kier molecular flexibility index (Phi) is 8.21. The first kappa shape index (κ1) is 15.4. The molecule has 4 nitrogen and oxygen atoms in total. The van der Waals surface area contributed by atoms with Gasteiger partial charge >= 0.3 is 0 Å². The molecule has 0 unspecified atom stereocenters. The van der Waals surface area contributed by atoms with Gasteiger partial charge in [-0.25, -0.2) is 0 Å². The highest BCUT2D eigenvalue weighted by Crippen LogP contribution is 2.24. The van der Waals surface area contributed by atoms with E-state index in [0.29, 0.717) is 25.8 Å². The van der Waals surface area contributed by atoms with Crippen molar-refractivity contribution in [2.24, 2.45) is 5.41 Å². The summed E-state index contributed by atoms with van der Waals surface area (Å²) in [5.74, 6) is 0.00757. The molecule has 0 aromatic carbocycles. The monoisotopic (exact) mass is 231 g/mol. The summed E-state index contributed by atoms with van der Waals surface area (Å²) in [6.45, 7) is 4.83. The Hall–Kier alpha value is -0.610. The van der Waals surface area contributed by atoms with Gasteiger partial charge in [-0.3, -0.25) is 4.79 Å². The van der Waals surface area contributed by atoms with Crippen LogP contribution in [-0.4, -0.2) is 35.9 Å². The second kappa shape index (κ2) is 8.53. The van der Waals surface area contributed by atoms with Crippen LogP contribution in [0.4, 0.5) is 0 Å². The summed E-state index contributed by atoms with van der Waals surface area (Å²) in [5, 5.41) is 20.8. The number of carbonyl (C=O) groups is 1. The summed E-state index contributed by atoms with van der Waals surface area (Å²) < 4.78 is 0. The summed E-state index contributed by atoms with van der Waals surface area (Å²) in [6.07, 6.45) is 3.55. The van der Waals surface area contributed by atoms with Gasteiger partial charge in [0.05, 0.1) is 6.61 Å². The molecule has 0 aliphatic heterocycles. The summed E-state index contributed by atoms with van der Waals surface area (Å²) in [6, 6.07) is 0. The summed E-state index contributed by atoms with van der Waals surface area (Å²) in [7, 11) is 0. The molecule has 0 aromatic rings. The summed E-state index contributed by atoms with van der Waals surface area (Å²) in [5.41, 5.74) is -0.174. The smallest absolute Gasteiger partial charge is 0.220 e. The molecule has 0 aliphatic rings. The highest BCUT2D eigenvalue weighted by Gasteiger charge is 2.25. The van der Waals surface area contributed by atoms with Crippen molar-refractivity contribution in [2.45, 2.75) is 46.0 Å². The molecule has 16 heavy (non-hydrogen) atoms. The van der Waals surface area contributed by atoms with Gasteiger partial charge in [-0.1, -0.05) is 13.8 Å². The number of hydrogen-bond acceptors (Lipinski definition) is 3. The molecule has 0 aliphatic carbocycles. The van der Waals surface area contributed by atoms with Gasteiger partial charge in [0.2, 0.25) is 5.91 Å². The molecular weight excluding hydrogens is 206 g/mol. The fraction of sp³-hybridized carbons (Fsp3) is 0.917. The number of unbranched alkanes of at least 4 members (excludes halogenated alkanes) is 1. The Morgan fingerprint density at radius 3 is 2.25 bits per heavy atom. The molecule has 0 heterocycles. The lowest BCUT2D eigenvalue weighted by Gasteiger charge is -2.29. The normalized spacial score (nSPS) is 11.5. The number of aliphatic hydroxyl groups is 2. The predicted molar refractivity (Wildman–Crippen MR) is 64.0 cm³/mol. The zero-order valence-corrected chi connectivity index (χ0v) is 10.5. The molecule has 0 bridgehead atoms. The van der Waals surface area contributed by atoms with Crippen LogP contribution in [-0.2, 0) is 4.79 Å². The van der Waals surface area contributed by atoms with Crippen molar-refractivity contribution < 1.29 is 15.0 Å². The minimum Gasteiger partial charge on any atom is -0.396 e. The Bertz CT molecular complexity index is 182. The van der Waals surface area contributed by atoms with Crippen LogP contribution in [0.15, 0.2) is 0 Å². The number of hydrogen-bond donors (Lipinski definition) is 3. The molecule has 96 valence electrons. The SMILES string of the molecule is CCC(CC)(CO)CNC(=O)CCCCO. The van der Waals surface area contributed by atoms with E-state index in [0.717, 1.165) is 12.8 Å². The fourth-order valence-electron chi connectivity index (χ4n) is 1.55. The quantitative estimate of drug-likeness (QED) is 0.520. The lowest BCUT2D eigenvalue weighted by atomic mass is 9.83. The van der Waals surface area contributed by atoms with E-state index < -0.39 is 0 Å². The lowest BCUT2D eigenvalue weighted by molar-refractivity contribution is -0.121. The number of amides is 1. The second-order valence-electron chi connectivity index (χ2n) is 4.32. The van der Waals surface area contributed by atoms with Crippen LogP contribution in [0, 0.1) is 5.41 Å². The third-order valence-corrected chi connectivity index (χ3v) is 3.31. The first-order valence-corrected chi connectivity index (χ1v) is 6.12. The Balaban J connectivity index is 3.87. The first-order valence-electron chi connectivity index (χ1n) is 6.12. The molecule has 0 spiro atoms. The average Bonchev–Trinajstić information content (AvgIpc) is 2.32. The number of carbonyl (C=O) groups excluding carboxylic acids is 1. The standard InChI is InChI=1S/C12H25NO3/c1-3-12(4-2,10-15)9-13-11(16)7-5-6-8-14/h14-15H,3-10H2,1-2H3,(H,13,16). The zero-order valence-electron chi connectivity index (χ0n) is 10.5. The van der Waals surface area contributed by atoms with Crippen LogP contribution in [0.3, 0.4) is 0 Å². The highest BCUT2D eigenvalue weighted by atomic mass is 16.3. The van der Waals surface area contributed by atoms with Crippen molar-refractivity contribution in [3.63, 3.8) is 0 Å². The molecule has 0 aromatic heterocycles. The largest absolute Gasteiger partial charge is 0.396 e. The van der Waals surface area contributed by atoms with Gasteiger partial charge in [0.25, 0.3) is 0 Å². The van der Waals surface area contributed by atoms with Crippen LogP contribution in [0.2, 0.25) is 0 Å². The average molecular weight is 231 g/mol. The van der Waals surface area contributed by atoms with Gasteiger partial charge in [0, 0.05) is 25.0 Å². The number of nitrogens with one attached hydrogen (secondary N) is 1. The van der Waals surface area contributed by atoms with Crippen LogP contribution in [0.5, 0.6) is 0 Å². The van der Waals surface area contributed by atoms with E-state index in [9.17, 15) is 9.90 Å². The lowest BCUT2D eigenvalue weighted by Crippen LogP contribution is -2.39. The Labute approximate surface area is 98.1 Å². The maximum absolute atomic E-state index is 11.4. The molecule has 3 N–H and O–H groups in total. The molecule has 4 heteroatoms. The molecule has 0 saturated carbocycles. The van der Waals surface area contributed by atoms with Crippen LogP contribution >= 0.6 is 0 Å². The van der Waals surface area contributed by atoms with Crippen LogP contribution in [0.1, 0.15) is 46.0 Å². The zero-order chi connectivity index (χ0) is 12.4. The van der Waals surface area contributed by atoms with E-state index in [1.54, 1.807) is 0 Å². The van der Waals surface area contributed by atoms with E-state index in [1.807, 2.05) is 13.8 Å². The van der Waals surface area contributed by atoms with E-state index in [1.165, 1.54) is 0 Å². The van der Waals surface area contributed by atoms with E-state index in [4.69, 9.17) is 5.11 Å². The van der Waals surface area contributed by atoms with Gasteiger partial charge < -0.3 is 15.5 Å². The molecule has 1 amide bonds. The van der Waals surface area contributed by atoms with Gasteiger partial charge in [0.1, 0.15) is 0 Å². The van der Waals surface area contributed by atoms with Crippen LogP contribution < -0.4 is 5.32 Å². The third-order valence-electron chi connectivity index (χ3n) is 3.31. The molecule has 0 fully saturated rings. The molecule has 0 radical (unpaired) electrons. The predicted octanol–water partition coefficient (Wildman–Crippen LogP) is 1.06. The van der Waals surface area contributed by atoms with Crippen molar-refractivity contribution >= 4 is 5.91 Å². The Morgan fingerprint density at radius 1 is 1.19 bits per heavy atom. The van der Waals surface area contributed by atoms with Crippen molar-refractivity contribution in [1.29, 1.82) is 0 Å². The minimum absolute atomic E-state index is 0.00757. The second-order valence-corrected chi connectivity index (χ2v) is 4.32. The van der Waals surface area contributed by atoms with E-state index in [-0.39, 0.29) is 24.5 Å². The van der Waals surface area contributed by atoms with Crippen molar-refractivity contribution in [3.8, 4) is 0 Å². The van der Waals surface area contributed by atoms with E-state index >= 15 is 0 Å². The molecule has 0 rings (SSSR count). The van der Waals surface area contributed by atoms with Crippen LogP contribution in [0.25, 0.3) is 0 Å². The van der Waals surface area contributed by atoms with Crippen molar-refractivity contribution in [1.82, 2.24) is 5.32 Å². The van der Waals surface area contributed by atoms with Gasteiger partial charge in [-0.05, 0) is 25.7 Å². The number of aliphatic hydroxyl groups excluding tert-OH is 2. The molecular formula is C12H25NO3. The maximum Gasteiger partial charge on any atom is 0.220 e. The van der Waals surface area contributed by atoms with Gasteiger partial charge in [-0.2, -0.15) is 0 Å². The number of rotatable bonds is 9. The fourth-order valence-corrected chi connectivity index (χ4v) is 1.55. The third kappa shape index (κ3) is 5.47. The Morgan fingerprint density at radius 2 is 1.81 bits per heavy atom. The summed E-state index contributed by atoms with van der Waals surface area (Å²) in [4.78, 5) is 11.4.